The summed E-state index contributed by atoms with van der Waals surface area (Å²) in [6.07, 6.45) is 10.1. The molecule has 6 rings (SSSR count). The third-order valence-electron chi connectivity index (χ3n) is 8.67. The first-order chi connectivity index (χ1) is 28.4. The van der Waals surface area contributed by atoms with Crippen molar-refractivity contribution >= 4 is 68.4 Å². The molecule has 21 heteroatoms. The van der Waals surface area contributed by atoms with Gasteiger partial charge in [0.15, 0.2) is 17.5 Å². The molecule has 0 bridgehead atoms. The van der Waals surface area contributed by atoms with Gasteiger partial charge < -0.3 is 53.2 Å². The summed E-state index contributed by atoms with van der Waals surface area (Å²) in [5, 5.41) is 37.4. The van der Waals surface area contributed by atoms with Crippen LogP contribution in [0, 0.1) is 11.6 Å². The van der Waals surface area contributed by atoms with E-state index in [4.69, 9.17) is 21.9 Å². The molecule has 6 aromatic rings. The monoisotopic (exact) mass is 821 g/mol. The highest BCUT2D eigenvalue weighted by atomic mass is 19.1. The SMILES string of the molecule is CCCC[C@@H](CO)Nc1nc(N)nc2cc(F)cnc12.CCC[C@@H](CO)Nc1nc(N)nc2cc(F)cnc12.CCC[C@@H](CO)Nc1nc(N)nc2cc(OC)cnc12. The number of rotatable bonds is 17. The van der Waals surface area contributed by atoms with Gasteiger partial charge in [0.1, 0.15) is 39.5 Å². The van der Waals surface area contributed by atoms with Crippen LogP contribution in [0.5, 0.6) is 5.75 Å². The van der Waals surface area contributed by atoms with Gasteiger partial charge in [-0.2, -0.15) is 15.0 Å². The maximum atomic E-state index is 13.2. The van der Waals surface area contributed by atoms with Crippen molar-refractivity contribution < 1.29 is 28.8 Å². The molecular weight excluding hydrogens is 769 g/mol. The minimum atomic E-state index is -0.483. The van der Waals surface area contributed by atoms with Gasteiger partial charge in [0.05, 0.1) is 74.7 Å². The Labute approximate surface area is 339 Å². The molecule has 3 atom stereocenters. The molecule has 0 saturated heterocycles. The molecule has 0 aliphatic heterocycles. The summed E-state index contributed by atoms with van der Waals surface area (Å²) in [6.45, 7) is 6.13. The average Bonchev–Trinajstić information content (AvgIpc) is 3.21. The number of nitrogen functional groups attached to an aromatic ring is 3. The maximum absolute atomic E-state index is 13.2. The summed E-state index contributed by atoms with van der Waals surface area (Å²) in [5.41, 5.74) is 19.7. The van der Waals surface area contributed by atoms with Gasteiger partial charge in [0.25, 0.3) is 0 Å². The van der Waals surface area contributed by atoms with Gasteiger partial charge in [-0.25, -0.2) is 38.7 Å². The number of nitrogens with zero attached hydrogens (tertiary/aromatic N) is 9. The summed E-state index contributed by atoms with van der Waals surface area (Å²) in [6, 6.07) is 3.89. The normalized spacial score (nSPS) is 12.5. The fourth-order valence-corrected chi connectivity index (χ4v) is 5.81. The number of methoxy groups -OCH3 is 1. The minimum Gasteiger partial charge on any atom is -0.495 e. The average molecular weight is 822 g/mol. The number of aliphatic hydroxyl groups is 3. The van der Waals surface area contributed by atoms with Gasteiger partial charge in [-0.1, -0.05) is 46.5 Å². The zero-order valence-electron chi connectivity index (χ0n) is 33.5. The van der Waals surface area contributed by atoms with Crippen LogP contribution in [0.4, 0.5) is 44.1 Å². The number of unbranched alkanes of at least 4 members (excludes halogenated alkanes) is 1. The lowest BCUT2D eigenvalue weighted by Gasteiger charge is -2.17. The number of pyridine rings is 3. The molecule has 6 heterocycles. The van der Waals surface area contributed by atoms with E-state index in [9.17, 15) is 24.1 Å². The number of nitrogens with one attached hydrogen (secondary N) is 3. The van der Waals surface area contributed by atoms with Crippen LogP contribution in [0.25, 0.3) is 33.1 Å². The smallest absolute Gasteiger partial charge is 0.222 e. The van der Waals surface area contributed by atoms with Gasteiger partial charge in [0.2, 0.25) is 17.8 Å². The number of nitrogens with two attached hydrogens (primary N) is 3. The first kappa shape index (κ1) is 45.5. The number of halogens is 2. The van der Waals surface area contributed by atoms with E-state index in [1.54, 1.807) is 19.4 Å². The van der Waals surface area contributed by atoms with Gasteiger partial charge in [0, 0.05) is 18.2 Å². The van der Waals surface area contributed by atoms with Crippen LogP contribution in [0.3, 0.4) is 0 Å². The van der Waals surface area contributed by atoms with Crippen LogP contribution >= 0.6 is 0 Å². The largest absolute Gasteiger partial charge is 0.495 e. The Morgan fingerprint density at radius 3 is 1.29 bits per heavy atom. The van der Waals surface area contributed by atoms with Crippen LogP contribution in [0.15, 0.2) is 36.8 Å². The summed E-state index contributed by atoms with van der Waals surface area (Å²) < 4.78 is 31.4. The third kappa shape index (κ3) is 13.2. The molecule has 318 valence electrons. The lowest BCUT2D eigenvalue weighted by atomic mass is 10.1. The van der Waals surface area contributed by atoms with E-state index in [0.717, 1.165) is 57.3 Å². The van der Waals surface area contributed by atoms with E-state index in [-0.39, 0.29) is 55.8 Å². The summed E-state index contributed by atoms with van der Waals surface area (Å²) >= 11 is 0. The van der Waals surface area contributed by atoms with Crippen molar-refractivity contribution in [2.24, 2.45) is 0 Å². The van der Waals surface area contributed by atoms with Gasteiger partial charge >= 0.3 is 0 Å². The fourth-order valence-electron chi connectivity index (χ4n) is 5.81. The zero-order valence-corrected chi connectivity index (χ0v) is 33.5. The van der Waals surface area contributed by atoms with Gasteiger partial charge in [-0.3, -0.25) is 0 Å². The second kappa shape index (κ2) is 22.7. The number of hydrogen-bond acceptors (Lipinski definition) is 19. The molecule has 6 aromatic heterocycles. The number of hydrogen-bond donors (Lipinski definition) is 9. The van der Waals surface area contributed by atoms with Crippen LogP contribution in [0.1, 0.15) is 65.7 Å². The van der Waals surface area contributed by atoms with Crippen LogP contribution < -0.4 is 37.9 Å². The van der Waals surface area contributed by atoms with Crippen molar-refractivity contribution in [1.82, 2.24) is 44.9 Å². The second-order valence-corrected chi connectivity index (χ2v) is 13.4. The molecular formula is C38H53F2N15O4. The molecule has 0 aliphatic rings. The first-order valence-corrected chi connectivity index (χ1v) is 19.2. The summed E-state index contributed by atoms with van der Waals surface area (Å²) in [5.74, 6) is 1.24. The molecule has 0 fully saturated rings. The molecule has 59 heavy (non-hydrogen) atoms. The number of aliphatic hydroxyl groups excluding tert-OH is 3. The summed E-state index contributed by atoms with van der Waals surface area (Å²) in [4.78, 5) is 36.6. The minimum absolute atomic E-state index is 0.0212. The number of aromatic nitrogens is 9. The molecule has 0 radical (unpaired) electrons. The topological polar surface area (TPSA) is 300 Å². The Balaban J connectivity index is 0.000000196. The predicted molar refractivity (Wildman–Crippen MR) is 225 cm³/mol. The molecule has 12 N–H and O–H groups in total. The Morgan fingerprint density at radius 2 is 0.932 bits per heavy atom. The quantitative estimate of drug-likeness (QED) is 0.0622. The second-order valence-electron chi connectivity index (χ2n) is 13.4. The Morgan fingerprint density at radius 1 is 0.559 bits per heavy atom. The van der Waals surface area contributed by atoms with E-state index >= 15 is 0 Å². The van der Waals surface area contributed by atoms with E-state index in [1.807, 2.05) is 6.92 Å². The van der Waals surface area contributed by atoms with E-state index < -0.39 is 11.6 Å². The third-order valence-corrected chi connectivity index (χ3v) is 8.67. The van der Waals surface area contributed by atoms with Crippen molar-refractivity contribution in [3.05, 3.63) is 48.4 Å². The number of anilines is 6. The Bertz CT molecular complexity index is 2250. The molecule has 0 unspecified atom stereocenters. The fraction of sp³-hybridized carbons (Fsp3) is 0.447. The highest BCUT2D eigenvalue weighted by Gasteiger charge is 2.16. The summed E-state index contributed by atoms with van der Waals surface area (Å²) in [7, 11) is 1.57. The molecule has 0 spiro atoms. The van der Waals surface area contributed by atoms with Crippen molar-refractivity contribution in [1.29, 1.82) is 0 Å². The van der Waals surface area contributed by atoms with E-state index in [2.05, 4.69) is 74.7 Å². The van der Waals surface area contributed by atoms with Gasteiger partial charge in [-0.15, -0.1) is 0 Å². The van der Waals surface area contributed by atoms with Crippen molar-refractivity contribution in [3.8, 4) is 5.75 Å². The van der Waals surface area contributed by atoms with E-state index in [1.165, 1.54) is 12.1 Å². The predicted octanol–water partition coefficient (Wildman–Crippen LogP) is 4.22. The number of fused-ring (bicyclic) bond motifs is 3. The lowest BCUT2D eigenvalue weighted by molar-refractivity contribution is 0.267. The maximum Gasteiger partial charge on any atom is 0.222 e. The first-order valence-electron chi connectivity index (χ1n) is 19.2. The number of ether oxygens (including phenoxy) is 1. The van der Waals surface area contributed by atoms with Gasteiger partial charge in [-0.05, 0) is 19.3 Å². The van der Waals surface area contributed by atoms with Crippen molar-refractivity contribution in [2.45, 2.75) is 83.8 Å². The van der Waals surface area contributed by atoms with Crippen LogP contribution in [-0.2, 0) is 0 Å². The standard InChI is InChI=1S/C13H18FN5O.C13H19N5O2.C12H16FN5O/c1-2-3-4-9(7-20)17-12-11-10(18-13(15)19-12)5-8(14)6-16-11;1-3-4-8(7-19)16-12-11-10(17-13(14)18-12)5-9(20-2)6-15-11;1-2-3-8(6-19)16-11-10-9(17-12(14)18-11)4-7(13)5-15-10/h5-6,9,20H,2-4,7H2,1H3,(H3,15,17,18,19);5-6,8,19H,3-4,7H2,1-2H3,(H3,14,16,17,18);4-5,8,19H,2-3,6H2,1H3,(H3,14,16,17,18)/t9-;2*8-/m000/s1. The van der Waals surface area contributed by atoms with Crippen LogP contribution in [-0.4, -0.2) is 105 Å². The molecule has 0 saturated carbocycles. The van der Waals surface area contributed by atoms with E-state index in [0.29, 0.717) is 56.3 Å². The van der Waals surface area contributed by atoms with Crippen LogP contribution in [0.2, 0.25) is 0 Å². The Kier molecular flexibility index (Phi) is 17.5. The molecule has 0 aliphatic carbocycles. The van der Waals surface area contributed by atoms with Crippen molar-refractivity contribution in [2.75, 3.05) is 60.1 Å². The lowest BCUT2D eigenvalue weighted by Crippen LogP contribution is -2.24. The molecule has 0 aromatic carbocycles. The molecule has 19 nitrogen and oxygen atoms in total. The highest BCUT2D eigenvalue weighted by Crippen LogP contribution is 2.25. The molecule has 0 amide bonds. The van der Waals surface area contributed by atoms with Crippen molar-refractivity contribution in [3.63, 3.8) is 0 Å². The zero-order chi connectivity index (χ0) is 42.9. The highest BCUT2D eigenvalue weighted by molar-refractivity contribution is 5.88. The Hall–Kier alpha value is -6.19.